The van der Waals surface area contributed by atoms with E-state index in [1.54, 1.807) is 6.20 Å². The molecule has 148 valence electrons. The van der Waals surface area contributed by atoms with Gasteiger partial charge in [0.15, 0.2) is 5.75 Å². The molecule has 0 bridgehead atoms. The van der Waals surface area contributed by atoms with Gasteiger partial charge in [-0.2, -0.15) is 0 Å². The molecule has 29 heavy (non-hydrogen) atoms. The molecule has 4 aromatic rings. The molecular formula is C20H16Cl2N4O2S. The van der Waals surface area contributed by atoms with Crippen LogP contribution in [0.3, 0.4) is 0 Å². The van der Waals surface area contributed by atoms with Crippen LogP contribution in [0.15, 0.2) is 48.7 Å². The molecule has 0 aliphatic rings. The van der Waals surface area contributed by atoms with Gasteiger partial charge in [-0.1, -0.05) is 41.4 Å². The summed E-state index contributed by atoms with van der Waals surface area (Å²) in [4.78, 5) is 22.1. The number of thiophene rings is 1. The SMILES string of the molecule is COc1c(C(=O)Nc2nc3ccccc3n2CCc2ccccn2)sc(Cl)c1Cl. The molecule has 1 N–H and O–H groups in total. The number of benzene rings is 1. The topological polar surface area (TPSA) is 69.0 Å². The van der Waals surface area contributed by atoms with Crippen LogP contribution in [0.4, 0.5) is 5.95 Å². The molecule has 3 aromatic heterocycles. The van der Waals surface area contributed by atoms with Crippen molar-refractivity contribution in [3.05, 3.63) is 68.6 Å². The number of amides is 1. The second kappa shape index (κ2) is 8.41. The van der Waals surface area contributed by atoms with Crippen LogP contribution in [0.5, 0.6) is 5.75 Å². The summed E-state index contributed by atoms with van der Waals surface area (Å²) in [6.07, 6.45) is 2.46. The normalized spacial score (nSPS) is 11.0. The average Bonchev–Trinajstić information content (AvgIpc) is 3.23. The van der Waals surface area contributed by atoms with E-state index in [1.165, 1.54) is 7.11 Å². The first-order valence-corrected chi connectivity index (χ1v) is 10.3. The smallest absolute Gasteiger partial charge is 0.271 e. The molecule has 4 rings (SSSR count). The number of carbonyl (C=O) groups is 1. The number of carbonyl (C=O) groups excluding carboxylic acids is 1. The molecule has 6 nitrogen and oxygen atoms in total. The van der Waals surface area contributed by atoms with Crippen molar-refractivity contribution >= 4 is 57.4 Å². The predicted molar refractivity (Wildman–Crippen MR) is 117 cm³/mol. The van der Waals surface area contributed by atoms with E-state index in [9.17, 15) is 4.79 Å². The van der Waals surface area contributed by atoms with E-state index >= 15 is 0 Å². The van der Waals surface area contributed by atoms with Crippen molar-refractivity contribution in [2.75, 3.05) is 12.4 Å². The Morgan fingerprint density at radius 2 is 2.00 bits per heavy atom. The second-order valence-electron chi connectivity index (χ2n) is 6.15. The molecule has 0 unspecified atom stereocenters. The summed E-state index contributed by atoms with van der Waals surface area (Å²) in [6, 6.07) is 13.5. The number of nitrogens with zero attached hydrogens (tertiary/aromatic N) is 3. The van der Waals surface area contributed by atoms with Gasteiger partial charge in [-0.05, 0) is 24.3 Å². The molecule has 0 saturated heterocycles. The van der Waals surface area contributed by atoms with Gasteiger partial charge in [-0.3, -0.25) is 15.1 Å². The van der Waals surface area contributed by atoms with Crippen molar-refractivity contribution in [1.29, 1.82) is 0 Å². The number of methoxy groups -OCH3 is 1. The Labute approximate surface area is 181 Å². The van der Waals surface area contributed by atoms with Gasteiger partial charge in [-0.15, -0.1) is 11.3 Å². The van der Waals surface area contributed by atoms with Crippen LogP contribution in [-0.4, -0.2) is 27.6 Å². The highest BCUT2D eigenvalue weighted by molar-refractivity contribution is 7.19. The third kappa shape index (κ3) is 3.94. The van der Waals surface area contributed by atoms with E-state index < -0.39 is 0 Å². The van der Waals surface area contributed by atoms with Crippen molar-refractivity contribution in [2.45, 2.75) is 13.0 Å². The van der Waals surface area contributed by atoms with Crippen LogP contribution in [0.2, 0.25) is 9.36 Å². The lowest BCUT2D eigenvalue weighted by Crippen LogP contribution is -2.16. The molecule has 0 spiro atoms. The van der Waals surface area contributed by atoms with Crippen LogP contribution >= 0.6 is 34.5 Å². The second-order valence-corrected chi connectivity index (χ2v) is 8.15. The number of aromatic nitrogens is 3. The van der Waals surface area contributed by atoms with Crippen molar-refractivity contribution in [2.24, 2.45) is 0 Å². The fourth-order valence-electron chi connectivity index (χ4n) is 3.03. The van der Waals surface area contributed by atoms with E-state index in [0.29, 0.717) is 28.1 Å². The van der Waals surface area contributed by atoms with E-state index in [1.807, 2.05) is 47.0 Å². The first-order chi connectivity index (χ1) is 14.1. The number of halogens is 2. The van der Waals surface area contributed by atoms with Gasteiger partial charge in [0.05, 0.1) is 18.1 Å². The lowest BCUT2D eigenvalue weighted by Gasteiger charge is -2.10. The van der Waals surface area contributed by atoms with Crippen LogP contribution in [0.1, 0.15) is 15.4 Å². The summed E-state index contributed by atoms with van der Waals surface area (Å²) >= 11 is 13.3. The molecule has 0 radical (unpaired) electrons. The first kappa shape index (κ1) is 19.7. The molecule has 0 aliphatic heterocycles. The number of nitrogens with one attached hydrogen (secondary N) is 1. The highest BCUT2D eigenvalue weighted by Gasteiger charge is 2.24. The molecule has 0 fully saturated rings. The van der Waals surface area contributed by atoms with Gasteiger partial charge in [0.2, 0.25) is 5.95 Å². The zero-order valence-corrected chi connectivity index (χ0v) is 17.7. The van der Waals surface area contributed by atoms with E-state index in [-0.39, 0.29) is 16.7 Å². The third-order valence-electron chi connectivity index (χ3n) is 4.38. The maximum atomic E-state index is 12.9. The highest BCUT2D eigenvalue weighted by Crippen LogP contribution is 2.42. The van der Waals surface area contributed by atoms with Crippen LogP contribution < -0.4 is 10.1 Å². The van der Waals surface area contributed by atoms with E-state index in [2.05, 4.69) is 15.3 Å². The van der Waals surface area contributed by atoms with E-state index in [4.69, 9.17) is 27.9 Å². The molecule has 0 saturated carbocycles. The average molecular weight is 447 g/mol. The number of pyridine rings is 1. The minimum absolute atomic E-state index is 0.230. The molecular weight excluding hydrogens is 431 g/mol. The Hall–Kier alpha value is -2.61. The molecule has 0 aliphatic carbocycles. The summed E-state index contributed by atoms with van der Waals surface area (Å²) in [7, 11) is 1.45. The quantitative estimate of drug-likeness (QED) is 0.435. The number of para-hydroxylation sites is 2. The largest absolute Gasteiger partial charge is 0.493 e. The van der Waals surface area contributed by atoms with E-state index in [0.717, 1.165) is 28.1 Å². The predicted octanol–water partition coefficient (Wildman–Crippen LogP) is 5.30. The summed E-state index contributed by atoms with van der Waals surface area (Å²) in [5.41, 5.74) is 2.67. The Balaban J connectivity index is 1.66. The standard InChI is InChI=1S/C20H16Cl2N4O2S/c1-28-16-15(21)18(22)29-17(16)19(27)25-20-24-13-7-2-3-8-14(13)26(20)11-9-12-6-4-5-10-23-12/h2-8,10H,9,11H2,1H3,(H,24,25,27). The van der Waals surface area contributed by atoms with Crippen molar-refractivity contribution in [1.82, 2.24) is 14.5 Å². The number of imidazole rings is 1. The number of fused-ring (bicyclic) bond motifs is 1. The van der Waals surface area contributed by atoms with Gasteiger partial charge in [0, 0.05) is 24.9 Å². The van der Waals surface area contributed by atoms with Crippen LogP contribution in [0.25, 0.3) is 11.0 Å². The first-order valence-electron chi connectivity index (χ1n) is 8.76. The minimum Gasteiger partial charge on any atom is -0.493 e. The Morgan fingerprint density at radius 1 is 1.21 bits per heavy atom. The summed E-state index contributed by atoms with van der Waals surface area (Å²) < 4.78 is 7.51. The maximum absolute atomic E-state index is 12.9. The third-order valence-corrected chi connectivity index (χ3v) is 6.33. The zero-order valence-electron chi connectivity index (χ0n) is 15.4. The van der Waals surface area contributed by atoms with Crippen molar-refractivity contribution < 1.29 is 9.53 Å². The number of rotatable bonds is 6. The molecule has 1 aromatic carbocycles. The van der Waals surface area contributed by atoms with Gasteiger partial charge in [0.1, 0.15) is 14.2 Å². The molecule has 0 atom stereocenters. The Kier molecular flexibility index (Phi) is 5.71. The fraction of sp³-hybridized carbons (Fsp3) is 0.150. The van der Waals surface area contributed by atoms with Crippen molar-refractivity contribution in [3.8, 4) is 5.75 Å². The Bertz CT molecular complexity index is 1170. The highest BCUT2D eigenvalue weighted by atomic mass is 35.5. The van der Waals surface area contributed by atoms with Gasteiger partial charge in [-0.25, -0.2) is 4.98 Å². The van der Waals surface area contributed by atoms with Crippen molar-refractivity contribution in [3.63, 3.8) is 0 Å². The van der Waals surface area contributed by atoms with Gasteiger partial charge < -0.3 is 9.30 Å². The zero-order chi connectivity index (χ0) is 20.4. The number of ether oxygens (including phenoxy) is 1. The summed E-state index contributed by atoms with van der Waals surface area (Å²) in [6.45, 7) is 0.607. The van der Waals surface area contributed by atoms with Gasteiger partial charge >= 0.3 is 0 Å². The number of hydrogen-bond donors (Lipinski definition) is 1. The lowest BCUT2D eigenvalue weighted by atomic mass is 10.2. The molecule has 3 heterocycles. The number of hydrogen-bond acceptors (Lipinski definition) is 5. The molecule has 1 amide bonds. The minimum atomic E-state index is -0.380. The van der Waals surface area contributed by atoms with Gasteiger partial charge in [0.25, 0.3) is 5.91 Å². The number of aryl methyl sites for hydroxylation is 2. The van der Waals surface area contributed by atoms with Crippen LogP contribution in [0, 0.1) is 0 Å². The summed E-state index contributed by atoms with van der Waals surface area (Å²) in [5.74, 6) is 0.320. The molecule has 9 heteroatoms. The monoisotopic (exact) mass is 446 g/mol. The maximum Gasteiger partial charge on any atom is 0.271 e. The van der Waals surface area contributed by atoms with Crippen LogP contribution in [-0.2, 0) is 13.0 Å². The Morgan fingerprint density at radius 3 is 2.76 bits per heavy atom. The number of anilines is 1. The fourth-order valence-corrected chi connectivity index (χ4v) is 4.47. The lowest BCUT2D eigenvalue weighted by molar-refractivity contribution is 0.102. The summed E-state index contributed by atoms with van der Waals surface area (Å²) in [5, 5.41) is 3.10.